The molecule has 3 N–H and O–H groups in total. The van der Waals surface area contributed by atoms with Crippen molar-refractivity contribution in [3.8, 4) is 0 Å². The second-order valence-corrected chi connectivity index (χ2v) is 14.7. The second kappa shape index (κ2) is 36.9. The molecule has 52 heavy (non-hydrogen) atoms. The van der Waals surface area contributed by atoms with Gasteiger partial charge in [-0.1, -0.05) is 134 Å². The maximum absolute atomic E-state index is 11.6. The number of allylic oxidation sites excluding steroid dienone is 6. The van der Waals surface area contributed by atoms with E-state index in [1.165, 1.54) is 64.2 Å². The first-order valence-electron chi connectivity index (χ1n) is 21.0. The Morgan fingerprint density at radius 2 is 1.08 bits per heavy atom. The number of aliphatic carboxylic acids is 3. The van der Waals surface area contributed by atoms with Crippen molar-refractivity contribution < 1.29 is 39.2 Å². The van der Waals surface area contributed by atoms with E-state index in [4.69, 9.17) is 14.9 Å². The molecule has 0 amide bonds. The fourth-order valence-corrected chi connectivity index (χ4v) is 6.01. The lowest BCUT2D eigenvalue weighted by Crippen LogP contribution is -2.28. The molecule has 4 atom stereocenters. The van der Waals surface area contributed by atoms with Crippen molar-refractivity contribution in [2.24, 2.45) is 17.8 Å². The van der Waals surface area contributed by atoms with Gasteiger partial charge in [0.1, 0.15) is 0 Å². The summed E-state index contributed by atoms with van der Waals surface area (Å²) in [7, 11) is 0. The van der Waals surface area contributed by atoms with Gasteiger partial charge in [0.25, 0.3) is 0 Å². The van der Waals surface area contributed by atoms with Crippen LogP contribution >= 0.6 is 0 Å². The molecule has 0 spiro atoms. The summed E-state index contributed by atoms with van der Waals surface area (Å²) in [4.78, 5) is 32.4. The van der Waals surface area contributed by atoms with Gasteiger partial charge in [0.05, 0.1) is 31.8 Å². The van der Waals surface area contributed by atoms with E-state index in [1.807, 2.05) is 0 Å². The standard InChI is InChI=1S/C21H36O4.C18H32O2.C3H6O.C2H4O/c1-2-3-4-9-12-18-15-14-17(16-19(18)21(24)25)11-8-6-5-7-10-13-20(22)23;1-2-3-4-5-6-7-8-9-10-11-12-13-14-15-16-17-18(19)20;1-3-2-4-3;1-2-3-1/h14-15,17-19H,2-13,16H2,1H3,(H,22,23)(H,24,25);6-7,9-10H,2-5,8,11-17H2,1H3,(H,19,20);3H,2H2,1H3;1-2H2/b;7-6+,10-9+;;. The monoisotopic (exact) mass is 735 g/mol. The van der Waals surface area contributed by atoms with Crippen LogP contribution in [-0.4, -0.2) is 59.2 Å². The molecule has 8 nitrogen and oxygen atoms in total. The first-order valence-corrected chi connectivity index (χ1v) is 21.0. The summed E-state index contributed by atoms with van der Waals surface area (Å²) >= 11 is 0. The molecule has 2 aliphatic heterocycles. The normalized spacial score (nSPS) is 19.9. The molecule has 0 saturated carbocycles. The molecule has 1 aliphatic carbocycles. The summed E-state index contributed by atoms with van der Waals surface area (Å²) < 4.78 is 9.21. The minimum atomic E-state index is -0.712. The maximum atomic E-state index is 11.6. The van der Waals surface area contributed by atoms with Gasteiger partial charge in [0, 0.05) is 12.8 Å². The molecule has 3 rings (SSSR count). The van der Waals surface area contributed by atoms with Crippen LogP contribution in [0.4, 0.5) is 0 Å². The lowest BCUT2D eigenvalue weighted by atomic mass is 9.75. The third kappa shape index (κ3) is 38.8. The highest BCUT2D eigenvalue weighted by Crippen LogP contribution is 2.34. The number of carbonyl (C=O) groups is 3. The predicted octanol–water partition coefficient (Wildman–Crippen LogP) is 12.0. The molecule has 0 bridgehead atoms. The van der Waals surface area contributed by atoms with Crippen LogP contribution in [0.3, 0.4) is 0 Å². The number of hydrogen-bond donors (Lipinski definition) is 3. The van der Waals surface area contributed by atoms with Gasteiger partial charge >= 0.3 is 17.9 Å². The number of hydrogen-bond acceptors (Lipinski definition) is 5. The number of ether oxygens (including phenoxy) is 2. The van der Waals surface area contributed by atoms with E-state index in [0.717, 1.165) is 103 Å². The van der Waals surface area contributed by atoms with Crippen LogP contribution in [0.25, 0.3) is 0 Å². The van der Waals surface area contributed by atoms with E-state index in [2.05, 4.69) is 62.0 Å². The Hall–Kier alpha value is -2.45. The third-order valence-corrected chi connectivity index (χ3v) is 9.42. The average Bonchev–Trinajstić information content (AvgIpc) is 4.06. The van der Waals surface area contributed by atoms with Crippen molar-refractivity contribution in [2.75, 3.05) is 19.8 Å². The van der Waals surface area contributed by atoms with Gasteiger partial charge in [-0.25, -0.2) is 0 Å². The highest BCUT2D eigenvalue weighted by atomic mass is 16.6. The highest BCUT2D eigenvalue weighted by Gasteiger charge is 2.31. The summed E-state index contributed by atoms with van der Waals surface area (Å²) in [6.07, 6.45) is 40.2. The zero-order valence-electron chi connectivity index (χ0n) is 33.5. The summed E-state index contributed by atoms with van der Waals surface area (Å²) in [5, 5.41) is 26.7. The number of rotatable bonds is 28. The Morgan fingerprint density at radius 3 is 1.56 bits per heavy atom. The third-order valence-electron chi connectivity index (χ3n) is 9.42. The number of unbranched alkanes of at least 4 members (excludes halogenated alkanes) is 15. The van der Waals surface area contributed by atoms with E-state index in [1.54, 1.807) is 0 Å². The topological polar surface area (TPSA) is 137 Å². The van der Waals surface area contributed by atoms with Gasteiger partial charge in [-0.05, 0) is 83.0 Å². The minimum absolute atomic E-state index is 0.210. The first kappa shape index (κ1) is 49.6. The van der Waals surface area contributed by atoms with Crippen molar-refractivity contribution in [2.45, 2.75) is 187 Å². The summed E-state index contributed by atoms with van der Waals surface area (Å²) in [6.45, 7) is 9.47. The van der Waals surface area contributed by atoms with Gasteiger partial charge in [-0.3, -0.25) is 14.4 Å². The zero-order valence-corrected chi connectivity index (χ0v) is 33.5. The smallest absolute Gasteiger partial charge is 0.307 e. The Labute approximate surface area is 317 Å². The molecule has 0 aromatic rings. The highest BCUT2D eigenvalue weighted by molar-refractivity contribution is 5.71. The first-order chi connectivity index (χ1) is 25.2. The van der Waals surface area contributed by atoms with Crippen LogP contribution in [-0.2, 0) is 23.9 Å². The van der Waals surface area contributed by atoms with Gasteiger partial charge in [-0.15, -0.1) is 0 Å². The number of carboxylic acids is 3. The SMILES string of the molecule is C1CO1.CC1CO1.CCCCC/C=C/C/C=C/CCCCCCCC(=O)O.CCCCCCC1C=CC(CCCCCCCC(=O)O)CC1C(=O)O. The second-order valence-electron chi connectivity index (χ2n) is 14.7. The van der Waals surface area contributed by atoms with Gasteiger partial charge in [0.2, 0.25) is 0 Å². The molecule has 0 aromatic heterocycles. The van der Waals surface area contributed by atoms with Crippen LogP contribution in [0.5, 0.6) is 0 Å². The molecule has 3 aliphatic rings. The van der Waals surface area contributed by atoms with E-state index in [9.17, 15) is 19.5 Å². The molecular weight excluding hydrogens is 656 g/mol. The van der Waals surface area contributed by atoms with Crippen LogP contribution < -0.4 is 0 Å². The fourth-order valence-electron chi connectivity index (χ4n) is 6.01. The van der Waals surface area contributed by atoms with E-state index < -0.39 is 17.9 Å². The zero-order chi connectivity index (χ0) is 38.5. The molecular formula is C44H78O8. The minimum Gasteiger partial charge on any atom is -0.481 e. The molecule has 2 saturated heterocycles. The average molecular weight is 735 g/mol. The van der Waals surface area contributed by atoms with Crippen LogP contribution in [0.2, 0.25) is 0 Å². The Morgan fingerprint density at radius 1 is 0.635 bits per heavy atom. The molecule has 2 heterocycles. The lowest BCUT2D eigenvalue weighted by molar-refractivity contribution is -0.144. The number of carboxylic acid groups (broad SMARTS) is 3. The molecule has 4 unspecified atom stereocenters. The summed E-state index contributed by atoms with van der Waals surface area (Å²) in [5.74, 6) is -1.63. The number of epoxide rings is 2. The Balaban J connectivity index is 0.000000849. The van der Waals surface area contributed by atoms with Crippen molar-refractivity contribution in [3.05, 3.63) is 36.5 Å². The molecule has 2 fully saturated rings. The van der Waals surface area contributed by atoms with Gasteiger partial charge < -0.3 is 24.8 Å². The molecule has 0 aromatic carbocycles. The van der Waals surface area contributed by atoms with Gasteiger partial charge in [0.15, 0.2) is 0 Å². The van der Waals surface area contributed by atoms with Crippen LogP contribution in [0.15, 0.2) is 36.5 Å². The molecule has 0 radical (unpaired) electrons. The maximum Gasteiger partial charge on any atom is 0.307 e. The van der Waals surface area contributed by atoms with Crippen molar-refractivity contribution in [3.63, 3.8) is 0 Å². The van der Waals surface area contributed by atoms with Crippen molar-refractivity contribution in [1.82, 2.24) is 0 Å². The largest absolute Gasteiger partial charge is 0.481 e. The van der Waals surface area contributed by atoms with Crippen LogP contribution in [0, 0.1) is 17.8 Å². The van der Waals surface area contributed by atoms with E-state index in [0.29, 0.717) is 18.4 Å². The predicted molar refractivity (Wildman–Crippen MR) is 214 cm³/mol. The summed E-state index contributed by atoms with van der Waals surface area (Å²) in [6, 6.07) is 0. The van der Waals surface area contributed by atoms with Crippen molar-refractivity contribution >= 4 is 17.9 Å². The summed E-state index contributed by atoms with van der Waals surface area (Å²) in [5.41, 5.74) is 0. The van der Waals surface area contributed by atoms with E-state index >= 15 is 0 Å². The van der Waals surface area contributed by atoms with Crippen LogP contribution in [0.1, 0.15) is 181 Å². The Bertz CT molecular complexity index is 934. The fraction of sp³-hybridized carbons (Fsp3) is 0.795. The van der Waals surface area contributed by atoms with Gasteiger partial charge in [-0.2, -0.15) is 0 Å². The molecule has 302 valence electrons. The Kier molecular flexibility index (Phi) is 35.2. The quantitative estimate of drug-likeness (QED) is 0.0410. The van der Waals surface area contributed by atoms with E-state index in [-0.39, 0.29) is 18.3 Å². The molecule has 8 heteroatoms. The van der Waals surface area contributed by atoms with Crippen molar-refractivity contribution in [1.29, 1.82) is 0 Å². The lowest BCUT2D eigenvalue weighted by Gasteiger charge is -2.29.